The van der Waals surface area contributed by atoms with Crippen molar-refractivity contribution in [1.82, 2.24) is 4.57 Å². The Hall–Kier alpha value is -7.94. The molecule has 0 bridgehead atoms. The molecule has 0 saturated heterocycles. The first-order chi connectivity index (χ1) is 33.0. The summed E-state index contributed by atoms with van der Waals surface area (Å²) in [5.74, 6) is 0. The van der Waals surface area contributed by atoms with Gasteiger partial charge >= 0.3 is 0 Å². The molecule has 0 N–H and O–H groups in total. The SMILES string of the molecule is CC(C)(C)c1cc(-c2ccccc2)cc(N(c2cc(-c3ccccc3)cc(C(C)(C)C)c2)c2ccc3ccc4c(-n5c6ccccc6c6cc(-c7ccccc7)ccc65)ccc5ccc2c3c54)c1. The molecule has 0 fully saturated rings. The number of anilines is 3. The lowest BCUT2D eigenvalue weighted by molar-refractivity contribution is 0.590. The molecule has 0 aliphatic heterocycles. The average Bonchev–Trinajstić information content (AvgIpc) is 3.69. The fraction of sp³-hybridized carbons (Fsp3) is 0.121. The van der Waals surface area contributed by atoms with Gasteiger partial charge in [0, 0.05) is 32.9 Å². The molecule has 0 saturated carbocycles. The minimum absolute atomic E-state index is 0.0946. The topological polar surface area (TPSA) is 8.17 Å². The predicted octanol–water partition coefficient (Wildman–Crippen LogP) is 18.7. The molecule has 11 aromatic carbocycles. The van der Waals surface area contributed by atoms with E-state index in [1.54, 1.807) is 0 Å². The number of aromatic nitrogens is 1. The second-order valence-corrected chi connectivity index (χ2v) is 20.6. The molecule has 2 heteroatoms. The van der Waals surface area contributed by atoms with E-state index in [0.717, 1.165) is 17.1 Å². The van der Waals surface area contributed by atoms with Gasteiger partial charge in [-0.25, -0.2) is 0 Å². The molecule has 0 aliphatic carbocycles. The minimum atomic E-state index is -0.0946. The number of fused-ring (bicyclic) bond motifs is 3. The van der Waals surface area contributed by atoms with Gasteiger partial charge in [-0.05, 0) is 131 Å². The molecule has 0 amide bonds. The van der Waals surface area contributed by atoms with Crippen LogP contribution >= 0.6 is 0 Å². The third-order valence-electron chi connectivity index (χ3n) is 14.2. The predicted molar refractivity (Wildman–Crippen MR) is 293 cm³/mol. The van der Waals surface area contributed by atoms with E-state index in [4.69, 9.17) is 0 Å². The summed E-state index contributed by atoms with van der Waals surface area (Å²) in [5, 5.41) is 10.00. The Morgan fingerprint density at radius 1 is 0.324 bits per heavy atom. The quantitative estimate of drug-likeness (QED) is 0.145. The summed E-state index contributed by atoms with van der Waals surface area (Å²) in [6, 6.07) is 81.5. The number of hydrogen-bond donors (Lipinski definition) is 0. The van der Waals surface area contributed by atoms with Crippen molar-refractivity contribution in [3.05, 3.63) is 230 Å². The summed E-state index contributed by atoms with van der Waals surface area (Å²) in [4.78, 5) is 2.55. The van der Waals surface area contributed by atoms with E-state index < -0.39 is 0 Å². The van der Waals surface area contributed by atoms with Crippen LogP contribution in [0.2, 0.25) is 0 Å². The van der Waals surface area contributed by atoms with E-state index in [2.05, 4.69) is 269 Å². The van der Waals surface area contributed by atoms with Crippen LogP contribution in [0.4, 0.5) is 17.1 Å². The largest absolute Gasteiger partial charge is 0.310 e. The van der Waals surface area contributed by atoms with Crippen LogP contribution in [0.5, 0.6) is 0 Å². The highest BCUT2D eigenvalue weighted by molar-refractivity contribution is 6.27. The average molecular weight is 875 g/mol. The van der Waals surface area contributed by atoms with Crippen LogP contribution in [-0.2, 0) is 10.8 Å². The molecule has 0 unspecified atom stereocenters. The molecule has 2 nitrogen and oxygen atoms in total. The van der Waals surface area contributed by atoms with Gasteiger partial charge in [-0.1, -0.05) is 205 Å². The third-order valence-corrected chi connectivity index (χ3v) is 14.2. The lowest BCUT2D eigenvalue weighted by Gasteiger charge is -2.32. The molecular weight excluding hydrogens is 821 g/mol. The van der Waals surface area contributed by atoms with Crippen molar-refractivity contribution in [2.75, 3.05) is 4.90 Å². The van der Waals surface area contributed by atoms with E-state index in [1.807, 2.05) is 0 Å². The van der Waals surface area contributed by atoms with Gasteiger partial charge in [0.2, 0.25) is 0 Å². The van der Waals surface area contributed by atoms with Gasteiger partial charge in [0.1, 0.15) is 0 Å². The molecule has 0 spiro atoms. The van der Waals surface area contributed by atoms with E-state index in [-0.39, 0.29) is 10.8 Å². The van der Waals surface area contributed by atoms with Crippen molar-refractivity contribution in [2.45, 2.75) is 52.4 Å². The highest BCUT2D eigenvalue weighted by Crippen LogP contribution is 2.48. The van der Waals surface area contributed by atoms with Gasteiger partial charge < -0.3 is 9.47 Å². The molecule has 1 aromatic heterocycles. The van der Waals surface area contributed by atoms with E-state index >= 15 is 0 Å². The van der Waals surface area contributed by atoms with Crippen molar-refractivity contribution in [2.24, 2.45) is 0 Å². The molecule has 12 rings (SSSR count). The molecular formula is C66H54N2. The molecule has 1 heterocycles. The van der Waals surface area contributed by atoms with Gasteiger partial charge in [-0.15, -0.1) is 0 Å². The Bertz CT molecular complexity index is 3740. The first-order valence-corrected chi connectivity index (χ1v) is 24.0. The number of nitrogens with zero attached hydrogens (tertiary/aromatic N) is 2. The Labute approximate surface area is 399 Å². The van der Waals surface area contributed by atoms with E-state index in [0.29, 0.717) is 0 Å². The third kappa shape index (κ3) is 7.02. The number of rotatable bonds is 7. The van der Waals surface area contributed by atoms with Crippen molar-refractivity contribution in [3.8, 4) is 39.1 Å². The highest BCUT2D eigenvalue weighted by atomic mass is 15.1. The minimum Gasteiger partial charge on any atom is -0.310 e. The van der Waals surface area contributed by atoms with Crippen molar-refractivity contribution in [3.63, 3.8) is 0 Å². The second-order valence-electron chi connectivity index (χ2n) is 20.6. The van der Waals surface area contributed by atoms with Crippen molar-refractivity contribution >= 4 is 71.2 Å². The number of para-hydroxylation sites is 1. The van der Waals surface area contributed by atoms with Crippen molar-refractivity contribution < 1.29 is 0 Å². The van der Waals surface area contributed by atoms with Gasteiger partial charge in [0.15, 0.2) is 0 Å². The normalized spacial score (nSPS) is 12.3. The summed E-state index contributed by atoms with van der Waals surface area (Å²) >= 11 is 0. The van der Waals surface area contributed by atoms with Crippen LogP contribution < -0.4 is 4.90 Å². The van der Waals surface area contributed by atoms with Crippen LogP contribution in [0, 0.1) is 0 Å². The molecule has 0 aliphatic rings. The maximum Gasteiger partial charge on any atom is 0.0541 e. The molecule has 0 atom stereocenters. The van der Waals surface area contributed by atoms with Gasteiger partial charge in [0.25, 0.3) is 0 Å². The van der Waals surface area contributed by atoms with Crippen molar-refractivity contribution in [1.29, 1.82) is 0 Å². The van der Waals surface area contributed by atoms with Gasteiger partial charge in [-0.3, -0.25) is 0 Å². The first kappa shape index (κ1) is 41.5. The van der Waals surface area contributed by atoms with Crippen LogP contribution in [0.1, 0.15) is 52.7 Å². The lowest BCUT2D eigenvalue weighted by Crippen LogP contribution is -2.17. The van der Waals surface area contributed by atoms with E-state index in [9.17, 15) is 0 Å². The smallest absolute Gasteiger partial charge is 0.0541 e. The van der Waals surface area contributed by atoms with Gasteiger partial charge in [0.05, 0.1) is 22.4 Å². The summed E-state index contributed by atoms with van der Waals surface area (Å²) < 4.78 is 2.49. The highest BCUT2D eigenvalue weighted by Gasteiger charge is 2.26. The standard InChI is InChI=1S/C66H54N2/c1-65(2,3)51-36-49(44-20-12-8-13-21-44)38-53(41-51)67(54-39-50(45-22-14-9-15-23-45)37-52(42-54)66(4,5)6)60-33-28-46-27-32-57-61(34-29-47-26-31-56(60)63(46)64(47)57)68-59-25-17-16-24-55(59)58-40-48(30-35-62(58)68)43-18-10-7-11-19-43/h7-42H,1-6H3. The maximum atomic E-state index is 2.55. The van der Waals surface area contributed by atoms with Crippen LogP contribution in [0.3, 0.4) is 0 Å². The lowest BCUT2D eigenvalue weighted by atomic mass is 9.84. The Balaban J connectivity index is 1.14. The van der Waals surface area contributed by atoms with E-state index in [1.165, 1.54) is 104 Å². The second kappa shape index (κ2) is 15.9. The molecule has 12 aromatic rings. The first-order valence-electron chi connectivity index (χ1n) is 24.0. The summed E-state index contributed by atoms with van der Waals surface area (Å²) in [7, 11) is 0. The Morgan fingerprint density at radius 3 is 1.37 bits per heavy atom. The number of hydrogen-bond acceptors (Lipinski definition) is 1. The zero-order valence-electron chi connectivity index (χ0n) is 39.7. The van der Waals surface area contributed by atoms with Crippen LogP contribution in [0.15, 0.2) is 218 Å². The van der Waals surface area contributed by atoms with Crippen LogP contribution in [-0.4, -0.2) is 4.57 Å². The van der Waals surface area contributed by atoms with Gasteiger partial charge in [-0.2, -0.15) is 0 Å². The maximum absolute atomic E-state index is 2.55. The monoisotopic (exact) mass is 874 g/mol. The Morgan fingerprint density at radius 2 is 0.794 bits per heavy atom. The zero-order chi connectivity index (χ0) is 46.3. The number of benzene rings is 11. The molecule has 0 radical (unpaired) electrons. The summed E-state index contributed by atoms with van der Waals surface area (Å²) in [6.45, 7) is 14.0. The summed E-state index contributed by atoms with van der Waals surface area (Å²) in [6.07, 6.45) is 0. The molecule has 68 heavy (non-hydrogen) atoms. The fourth-order valence-corrected chi connectivity index (χ4v) is 10.6. The van der Waals surface area contributed by atoms with Crippen LogP contribution in [0.25, 0.3) is 93.2 Å². The Kier molecular flexibility index (Phi) is 9.67. The molecule has 328 valence electrons. The fourth-order valence-electron chi connectivity index (χ4n) is 10.6. The summed E-state index contributed by atoms with van der Waals surface area (Å²) in [5.41, 5.74) is 16.7. The zero-order valence-corrected chi connectivity index (χ0v) is 39.7.